The third-order valence-corrected chi connectivity index (χ3v) is 4.78. The van der Waals surface area contributed by atoms with Crippen molar-refractivity contribution < 1.29 is 8.42 Å². The normalized spacial score (nSPS) is 13.2. The lowest BCUT2D eigenvalue weighted by Gasteiger charge is -2.33. The SMILES string of the molecule is CC(C)(C)CC(C)(C)NS(=O)(=O)c1ccc(C(N)=S)cc1. The van der Waals surface area contributed by atoms with Crippen LogP contribution in [0.5, 0.6) is 0 Å². The standard InChI is InChI=1S/C15H24N2O2S2/c1-14(2,3)10-15(4,5)17-21(18,19)12-8-6-11(7-9-12)13(16)20/h6-9,17H,10H2,1-5H3,(H2,16,20). The van der Waals surface area contributed by atoms with Crippen molar-refractivity contribution in [2.45, 2.75) is 51.5 Å². The summed E-state index contributed by atoms with van der Waals surface area (Å²) in [5.41, 5.74) is 5.66. The molecule has 0 amide bonds. The summed E-state index contributed by atoms with van der Waals surface area (Å²) in [6.45, 7) is 10.0. The highest BCUT2D eigenvalue weighted by molar-refractivity contribution is 7.89. The molecule has 3 N–H and O–H groups in total. The first-order valence-corrected chi connectivity index (χ1v) is 8.65. The molecule has 0 aromatic heterocycles. The molecule has 1 aromatic rings. The van der Waals surface area contributed by atoms with Crippen molar-refractivity contribution in [2.75, 3.05) is 0 Å². The zero-order chi connectivity index (χ0) is 16.5. The highest BCUT2D eigenvalue weighted by atomic mass is 32.2. The fraction of sp³-hybridized carbons (Fsp3) is 0.533. The number of hydrogen-bond donors (Lipinski definition) is 2. The maximum Gasteiger partial charge on any atom is 0.241 e. The van der Waals surface area contributed by atoms with E-state index in [1.165, 1.54) is 12.1 Å². The molecular weight excluding hydrogens is 304 g/mol. The Morgan fingerprint density at radius 2 is 1.62 bits per heavy atom. The van der Waals surface area contributed by atoms with Crippen LogP contribution < -0.4 is 10.5 Å². The highest BCUT2D eigenvalue weighted by Crippen LogP contribution is 2.28. The van der Waals surface area contributed by atoms with Crippen LogP contribution in [-0.4, -0.2) is 18.9 Å². The van der Waals surface area contributed by atoms with E-state index in [2.05, 4.69) is 25.5 Å². The molecule has 1 aromatic carbocycles. The number of rotatable bonds is 5. The molecule has 0 spiro atoms. The van der Waals surface area contributed by atoms with E-state index in [9.17, 15) is 8.42 Å². The Labute approximate surface area is 133 Å². The lowest BCUT2D eigenvalue weighted by molar-refractivity contribution is 0.269. The molecule has 0 saturated heterocycles. The van der Waals surface area contributed by atoms with Crippen LogP contribution in [-0.2, 0) is 10.0 Å². The van der Waals surface area contributed by atoms with Crippen LogP contribution >= 0.6 is 12.2 Å². The van der Waals surface area contributed by atoms with Gasteiger partial charge < -0.3 is 5.73 Å². The molecular formula is C15H24N2O2S2. The lowest BCUT2D eigenvalue weighted by atomic mass is 9.82. The van der Waals surface area contributed by atoms with Gasteiger partial charge in [-0.15, -0.1) is 0 Å². The minimum atomic E-state index is -3.57. The number of thiocarbonyl (C=S) groups is 1. The topological polar surface area (TPSA) is 72.2 Å². The van der Waals surface area contributed by atoms with E-state index in [-0.39, 0.29) is 15.3 Å². The molecule has 0 aliphatic carbocycles. The highest BCUT2D eigenvalue weighted by Gasteiger charge is 2.30. The molecule has 0 bridgehead atoms. The summed E-state index contributed by atoms with van der Waals surface area (Å²) in [6, 6.07) is 6.27. The Bertz CT molecular complexity index is 612. The van der Waals surface area contributed by atoms with Crippen LogP contribution in [0.25, 0.3) is 0 Å². The summed E-state index contributed by atoms with van der Waals surface area (Å²) in [6.07, 6.45) is 0.726. The molecule has 0 radical (unpaired) electrons. The minimum Gasteiger partial charge on any atom is -0.389 e. The van der Waals surface area contributed by atoms with Crippen molar-refractivity contribution in [2.24, 2.45) is 11.1 Å². The summed E-state index contributed by atoms with van der Waals surface area (Å²) < 4.78 is 27.6. The van der Waals surface area contributed by atoms with Crippen LogP contribution in [0.4, 0.5) is 0 Å². The molecule has 0 atom stereocenters. The van der Waals surface area contributed by atoms with Gasteiger partial charge >= 0.3 is 0 Å². The molecule has 0 unspecified atom stereocenters. The molecule has 1 rings (SSSR count). The smallest absolute Gasteiger partial charge is 0.241 e. The number of nitrogens with one attached hydrogen (secondary N) is 1. The van der Waals surface area contributed by atoms with E-state index in [0.717, 1.165) is 6.42 Å². The monoisotopic (exact) mass is 328 g/mol. The third-order valence-electron chi connectivity index (χ3n) is 2.83. The van der Waals surface area contributed by atoms with Gasteiger partial charge in [0.15, 0.2) is 0 Å². The van der Waals surface area contributed by atoms with Crippen LogP contribution in [0.15, 0.2) is 29.2 Å². The summed E-state index contributed by atoms with van der Waals surface area (Å²) in [7, 11) is -3.57. The molecule has 0 saturated carbocycles. The van der Waals surface area contributed by atoms with E-state index in [0.29, 0.717) is 5.56 Å². The van der Waals surface area contributed by atoms with Crippen molar-refractivity contribution in [3.8, 4) is 0 Å². The Hall–Kier alpha value is -0.980. The van der Waals surface area contributed by atoms with Crippen LogP contribution in [0.1, 0.15) is 46.6 Å². The Morgan fingerprint density at radius 1 is 1.14 bits per heavy atom. The van der Waals surface area contributed by atoms with Crippen molar-refractivity contribution in [3.63, 3.8) is 0 Å². The zero-order valence-corrected chi connectivity index (χ0v) is 14.9. The maximum atomic E-state index is 12.4. The van der Waals surface area contributed by atoms with Crippen molar-refractivity contribution in [1.29, 1.82) is 0 Å². The molecule has 4 nitrogen and oxygen atoms in total. The molecule has 0 aliphatic heterocycles. The summed E-state index contributed by atoms with van der Waals surface area (Å²) in [5.74, 6) is 0. The lowest BCUT2D eigenvalue weighted by Crippen LogP contribution is -2.45. The van der Waals surface area contributed by atoms with Gasteiger partial charge in [0.2, 0.25) is 10.0 Å². The first-order valence-electron chi connectivity index (χ1n) is 6.76. The van der Waals surface area contributed by atoms with Gasteiger partial charge in [-0.1, -0.05) is 45.1 Å². The fourth-order valence-electron chi connectivity index (χ4n) is 2.58. The number of hydrogen-bond acceptors (Lipinski definition) is 3. The average molecular weight is 329 g/mol. The van der Waals surface area contributed by atoms with Gasteiger partial charge in [0.25, 0.3) is 0 Å². The maximum absolute atomic E-state index is 12.4. The molecule has 6 heteroatoms. The Kier molecular flexibility index (Phi) is 5.18. The van der Waals surface area contributed by atoms with Crippen LogP contribution in [0, 0.1) is 5.41 Å². The van der Waals surface area contributed by atoms with Gasteiger partial charge in [0.05, 0.1) is 4.90 Å². The van der Waals surface area contributed by atoms with E-state index >= 15 is 0 Å². The van der Waals surface area contributed by atoms with E-state index in [4.69, 9.17) is 18.0 Å². The van der Waals surface area contributed by atoms with Crippen molar-refractivity contribution in [3.05, 3.63) is 29.8 Å². The Morgan fingerprint density at radius 3 is 2.00 bits per heavy atom. The third kappa shape index (κ3) is 5.73. The van der Waals surface area contributed by atoms with Gasteiger partial charge in [-0.3, -0.25) is 0 Å². The van der Waals surface area contributed by atoms with Gasteiger partial charge in [-0.2, -0.15) is 0 Å². The number of benzene rings is 1. The molecule has 21 heavy (non-hydrogen) atoms. The summed E-state index contributed by atoms with van der Waals surface area (Å²) >= 11 is 4.86. The molecule has 0 heterocycles. The molecule has 0 fully saturated rings. The number of sulfonamides is 1. The largest absolute Gasteiger partial charge is 0.389 e. The van der Waals surface area contributed by atoms with E-state index in [1.807, 2.05) is 13.8 Å². The predicted molar refractivity (Wildman–Crippen MR) is 90.8 cm³/mol. The second-order valence-electron chi connectivity index (χ2n) is 7.12. The van der Waals surface area contributed by atoms with Crippen LogP contribution in [0.2, 0.25) is 0 Å². The second-order valence-corrected chi connectivity index (χ2v) is 9.24. The van der Waals surface area contributed by atoms with E-state index in [1.54, 1.807) is 12.1 Å². The number of nitrogens with two attached hydrogens (primary N) is 1. The quantitative estimate of drug-likeness (QED) is 0.815. The van der Waals surface area contributed by atoms with Gasteiger partial charge in [-0.25, -0.2) is 13.1 Å². The molecule has 118 valence electrons. The fourth-order valence-corrected chi connectivity index (χ4v) is 4.13. The van der Waals surface area contributed by atoms with Gasteiger partial charge in [-0.05, 0) is 37.8 Å². The first-order chi connectivity index (χ1) is 9.32. The zero-order valence-electron chi connectivity index (χ0n) is 13.2. The summed E-state index contributed by atoms with van der Waals surface area (Å²) in [5, 5.41) is 0. The molecule has 0 aliphatic rings. The van der Waals surface area contributed by atoms with Gasteiger partial charge in [0.1, 0.15) is 4.99 Å². The minimum absolute atomic E-state index is 0.0294. The summed E-state index contributed by atoms with van der Waals surface area (Å²) in [4.78, 5) is 0.462. The average Bonchev–Trinajstić information content (AvgIpc) is 2.24. The van der Waals surface area contributed by atoms with Crippen LogP contribution in [0.3, 0.4) is 0 Å². The Balaban J connectivity index is 2.98. The van der Waals surface area contributed by atoms with Gasteiger partial charge in [0, 0.05) is 11.1 Å². The van der Waals surface area contributed by atoms with Crippen molar-refractivity contribution in [1.82, 2.24) is 4.72 Å². The second kappa shape index (κ2) is 6.02. The van der Waals surface area contributed by atoms with Crippen molar-refractivity contribution >= 4 is 27.2 Å². The van der Waals surface area contributed by atoms with E-state index < -0.39 is 15.6 Å². The predicted octanol–water partition coefficient (Wildman–Crippen LogP) is 2.81. The first kappa shape index (κ1) is 18.1.